The summed E-state index contributed by atoms with van der Waals surface area (Å²) in [4.78, 5) is 0. The molecule has 0 aliphatic rings. The van der Waals surface area contributed by atoms with Crippen LogP contribution in [0.4, 0.5) is 0 Å². The summed E-state index contributed by atoms with van der Waals surface area (Å²) in [7, 11) is -5.18. The maximum atomic E-state index is 13.0. The molecule has 0 saturated heterocycles. The zero-order chi connectivity index (χ0) is 21.6. The van der Waals surface area contributed by atoms with Gasteiger partial charge in [0.2, 0.25) is 0 Å². The predicted octanol–water partition coefficient (Wildman–Crippen LogP) is 5.89. The summed E-state index contributed by atoms with van der Waals surface area (Å²) >= 11 is 24.4. The third-order valence-corrected chi connectivity index (χ3v) is 6.90. The summed E-state index contributed by atoms with van der Waals surface area (Å²) in [5, 5.41) is 21.1. The SMILES string of the molecule is O=S(=O)(O)C(c1ccc(Cl)cc1O)(c1ccc(Cl)cc1O)c1c(Cl)cccc1Cl. The van der Waals surface area contributed by atoms with Gasteiger partial charge < -0.3 is 10.2 Å². The highest BCUT2D eigenvalue weighted by molar-refractivity contribution is 7.87. The highest BCUT2D eigenvalue weighted by atomic mass is 35.5. The molecule has 0 aliphatic carbocycles. The fourth-order valence-electron chi connectivity index (χ4n) is 3.26. The number of phenolic OH excluding ortho intramolecular Hbond substituents is 2. The van der Waals surface area contributed by atoms with Gasteiger partial charge in [-0.15, -0.1) is 0 Å². The molecule has 3 aromatic carbocycles. The van der Waals surface area contributed by atoms with Crippen LogP contribution in [0.2, 0.25) is 20.1 Å². The van der Waals surface area contributed by atoms with Crippen molar-refractivity contribution in [3.8, 4) is 11.5 Å². The zero-order valence-electron chi connectivity index (χ0n) is 14.3. The van der Waals surface area contributed by atoms with Crippen molar-refractivity contribution in [2.75, 3.05) is 0 Å². The smallest absolute Gasteiger partial charge is 0.283 e. The summed E-state index contributed by atoms with van der Waals surface area (Å²) in [6.07, 6.45) is 0. The van der Waals surface area contributed by atoms with E-state index in [0.717, 1.165) is 12.1 Å². The Balaban J connectivity index is 2.65. The first kappa shape index (κ1) is 22.0. The van der Waals surface area contributed by atoms with E-state index in [9.17, 15) is 23.2 Å². The molecule has 5 nitrogen and oxygen atoms in total. The van der Waals surface area contributed by atoms with Crippen LogP contribution in [0.5, 0.6) is 11.5 Å². The third kappa shape index (κ3) is 3.65. The monoisotopic (exact) mass is 492 g/mol. The van der Waals surface area contributed by atoms with Gasteiger partial charge in [-0.2, -0.15) is 8.42 Å². The van der Waals surface area contributed by atoms with E-state index >= 15 is 0 Å². The second-order valence-corrected chi connectivity index (χ2v) is 9.33. The van der Waals surface area contributed by atoms with E-state index in [1.807, 2.05) is 0 Å². The molecule has 0 aromatic heterocycles. The maximum absolute atomic E-state index is 13.0. The lowest BCUT2D eigenvalue weighted by molar-refractivity contribution is 0.428. The Morgan fingerprint density at radius 3 is 1.48 bits per heavy atom. The van der Waals surface area contributed by atoms with Crippen LogP contribution in [-0.2, 0) is 14.9 Å². The fourth-order valence-corrected chi connectivity index (χ4v) is 5.77. The number of aromatic hydroxyl groups is 2. The Morgan fingerprint density at radius 2 is 1.14 bits per heavy atom. The van der Waals surface area contributed by atoms with Crippen molar-refractivity contribution in [3.63, 3.8) is 0 Å². The van der Waals surface area contributed by atoms with Crippen molar-refractivity contribution in [1.29, 1.82) is 0 Å². The van der Waals surface area contributed by atoms with Gasteiger partial charge in [0.1, 0.15) is 11.5 Å². The molecule has 0 amide bonds. The van der Waals surface area contributed by atoms with Gasteiger partial charge in [0.05, 0.1) is 0 Å². The first-order chi connectivity index (χ1) is 13.5. The standard InChI is InChI=1S/C19H12Cl4O5S/c20-10-4-6-12(16(24)8-10)19(29(26,27)28,13-7-5-11(21)9-17(13)25)18-14(22)2-1-3-15(18)23/h1-9,24-25H,(H,26,27,28). The van der Waals surface area contributed by atoms with E-state index in [1.54, 1.807) is 0 Å². The minimum Gasteiger partial charge on any atom is -0.508 e. The van der Waals surface area contributed by atoms with Gasteiger partial charge in [0.15, 0.2) is 4.75 Å². The van der Waals surface area contributed by atoms with Gasteiger partial charge in [-0.05, 0) is 36.4 Å². The molecular weight excluding hydrogens is 482 g/mol. The van der Waals surface area contributed by atoms with Gasteiger partial charge in [-0.3, -0.25) is 4.55 Å². The van der Waals surface area contributed by atoms with Crippen molar-refractivity contribution in [3.05, 3.63) is 91.4 Å². The number of phenols is 2. The van der Waals surface area contributed by atoms with Crippen molar-refractivity contribution in [2.24, 2.45) is 0 Å². The van der Waals surface area contributed by atoms with Gasteiger partial charge in [-0.25, -0.2) is 0 Å². The molecule has 0 saturated carbocycles. The number of rotatable bonds is 4. The first-order valence-corrected chi connectivity index (χ1v) is 10.8. The first-order valence-electron chi connectivity index (χ1n) is 7.89. The van der Waals surface area contributed by atoms with Gasteiger partial charge in [0, 0.05) is 36.8 Å². The van der Waals surface area contributed by atoms with E-state index in [1.165, 1.54) is 42.5 Å². The average molecular weight is 494 g/mol. The fraction of sp³-hybridized carbons (Fsp3) is 0.0526. The van der Waals surface area contributed by atoms with E-state index < -0.39 is 26.4 Å². The number of benzene rings is 3. The Bertz CT molecular complexity index is 1140. The summed E-state index contributed by atoms with van der Waals surface area (Å²) in [5.74, 6) is -1.14. The lowest BCUT2D eigenvalue weighted by Gasteiger charge is -2.34. The Hall–Kier alpha value is -1.67. The van der Waals surface area contributed by atoms with Gasteiger partial charge in [0.25, 0.3) is 10.1 Å². The second kappa shape index (κ2) is 7.87. The van der Waals surface area contributed by atoms with Crippen molar-refractivity contribution < 1.29 is 23.2 Å². The lowest BCUT2D eigenvalue weighted by Crippen LogP contribution is -2.39. The molecule has 29 heavy (non-hydrogen) atoms. The van der Waals surface area contributed by atoms with Crippen LogP contribution >= 0.6 is 46.4 Å². The number of hydrogen-bond acceptors (Lipinski definition) is 4. The number of hydrogen-bond donors (Lipinski definition) is 3. The van der Waals surface area contributed by atoms with Crippen LogP contribution in [0, 0.1) is 0 Å². The van der Waals surface area contributed by atoms with E-state index in [0.29, 0.717) is 0 Å². The largest absolute Gasteiger partial charge is 0.508 e. The predicted molar refractivity (Wildman–Crippen MR) is 114 cm³/mol. The summed E-state index contributed by atoms with van der Waals surface area (Å²) in [6, 6.07) is 11.4. The topological polar surface area (TPSA) is 94.8 Å². The molecule has 0 heterocycles. The summed E-state index contributed by atoms with van der Waals surface area (Å²) in [6.45, 7) is 0. The molecule has 0 bridgehead atoms. The van der Waals surface area contributed by atoms with E-state index in [2.05, 4.69) is 0 Å². The molecule has 3 aromatic rings. The normalized spacial score (nSPS) is 12.2. The van der Waals surface area contributed by atoms with Crippen LogP contribution in [-0.4, -0.2) is 23.2 Å². The van der Waals surface area contributed by atoms with Crippen molar-refractivity contribution in [2.45, 2.75) is 4.75 Å². The molecular formula is C19H12Cl4O5S. The van der Waals surface area contributed by atoms with Crippen LogP contribution in [0.3, 0.4) is 0 Å². The zero-order valence-corrected chi connectivity index (χ0v) is 18.1. The Kier molecular flexibility index (Phi) is 5.98. The molecule has 10 heteroatoms. The van der Waals surface area contributed by atoms with E-state index in [-0.39, 0.29) is 36.8 Å². The van der Waals surface area contributed by atoms with Gasteiger partial charge in [-0.1, -0.05) is 64.6 Å². The quantitative estimate of drug-likeness (QED) is 0.311. The molecule has 0 fully saturated rings. The maximum Gasteiger partial charge on any atom is 0.283 e. The Labute approximate surface area is 186 Å². The van der Waals surface area contributed by atoms with Crippen LogP contribution in [0.1, 0.15) is 16.7 Å². The highest BCUT2D eigenvalue weighted by Crippen LogP contribution is 2.53. The van der Waals surface area contributed by atoms with Crippen LogP contribution in [0.25, 0.3) is 0 Å². The van der Waals surface area contributed by atoms with Crippen LogP contribution in [0.15, 0.2) is 54.6 Å². The molecule has 0 spiro atoms. The van der Waals surface area contributed by atoms with Crippen LogP contribution < -0.4 is 0 Å². The molecule has 0 atom stereocenters. The van der Waals surface area contributed by atoms with Gasteiger partial charge >= 0.3 is 0 Å². The summed E-state index contributed by atoms with van der Waals surface area (Å²) in [5.41, 5.74) is -0.907. The minimum absolute atomic E-state index is 0.112. The molecule has 152 valence electrons. The third-order valence-electron chi connectivity index (χ3n) is 4.38. The second-order valence-electron chi connectivity index (χ2n) is 6.08. The lowest BCUT2D eigenvalue weighted by atomic mass is 9.82. The average Bonchev–Trinajstić information content (AvgIpc) is 2.58. The van der Waals surface area contributed by atoms with E-state index in [4.69, 9.17) is 46.4 Å². The summed E-state index contributed by atoms with van der Waals surface area (Å²) < 4.78 is 33.9. The van der Waals surface area contributed by atoms with Crippen molar-refractivity contribution in [1.82, 2.24) is 0 Å². The number of halogens is 4. The molecule has 0 unspecified atom stereocenters. The minimum atomic E-state index is -5.18. The van der Waals surface area contributed by atoms with Crippen molar-refractivity contribution >= 4 is 56.5 Å². The molecule has 3 N–H and O–H groups in total. The Morgan fingerprint density at radius 1 is 0.724 bits per heavy atom. The molecule has 3 rings (SSSR count). The highest BCUT2D eigenvalue weighted by Gasteiger charge is 2.53. The molecule has 0 radical (unpaired) electrons. The molecule has 0 aliphatic heterocycles.